The number of hydrogen-bond acceptors (Lipinski definition) is 10. The second-order valence-electron chi connectivity index (χ2n) is 11.0. The number of carbonyl (C=O) groups is 2. The molecule has 0 radical (unpaired) electrons. The predicted octanol–water partition coefficient (Wildman–Crippen LogP) is 5.76. The number of methoxy groups -OCH3 is 2. The first-order valence-electron chi connectivity index (χ1n) is 15.7. The van der Waals surface area contributed by atoms with Crippen LogP contribution in [-0.4, -0.2) is 63.9 Å². The number of nitrogens with zero attached hydrogens (tertiary/aromatic N) is 5. The third-order valence-electron chi connectivity index (χ3n) is 7.91. The van der Waals surface area contributed by atoms with Gasteiger partial charge in [0.25, 0.3) is 11.8 Å². The van der Waals surface area contributed by atoms with Gasteiger partial charge in [0.15, 0.2) is 29.1 Å². The van der Waals surface area contributed by atoms with Gasteiger partial charge in [-0.2, -0.15) is 5.10 Å². The fourth-order valence-corrected chi connectivity index (χ4v) is 7.06. The highest BCUT2D eigenvalue weighted by atomic mass is 32.2. The van der Waals surface area contributed by atoms with Gasteiger partial charge in [-0.15, -0.1) is 21.5 Å². The summed E-state index contributed by atoms with van der Waals surface area (Å²) in [6.45, 7) is 0.597. The third kappa shape index (κ3) is 8.30. The number of carbonyl (C=O) groups excluding carboxylic acids is 2. The highest BCUT2D eigenvalue weighted by Crippen LogP contribution is 2.42. The van der Waals surface area contributed by atoms with E-state index in [1.807, 2.05) is 76.7 Å². The smallest absolute Gasteiger partial charge is 0.258 e. The molecule has 0 saturated heterocycles. The van der Waals surface area contributed by atoms with Crippen LogP contribution >= 0.6 is 23.1 Å². The summed E-state index contributed by atoms with van der Waals surface area (Å²) < 4.78 is 18.8. The molecular weight excluding hydrogens is 661 g/mol. The Bertz CT molecular complexity index is 1880. The number of amides is 2. The fraction of sp³-hybridized carbons (Fsp3) is 0.250. The summed E-state index contributed by atoms with van der Waals surface area (Å²) in [6.07, 6.45) is 1.25. The van der Waals surface area contributed by atoms with Crippen molar-refractivity contribution < 1.29 is 23.8 Å². The average Bonchev–Trinajstić information content (AvgIpc) is 3.92. The summed E-state index contributed by atoms with van der Waals surface area (Å²) in [7, 11) is 3.19. The highest BCUT2D eigenvalue weighted by molar-refractivity contribution is 7.99. The molecule has 0 fully saturated rings. The quantitative estimate of drug-likeness (QED) is 0.137. The molecule has 2 amide bonds. The zero-order chi connectivity index (χ0) is 34.0. The van der Waals surface area contributed by atoms with Crippen LogP contribution in [0.5, 0.6) is 17.2 Å². The summed E-state index contributed by atoms with van der Waals surface area (Å²) in [6, 6.07) is 28.5. The lowest BCUT2D eigenvalue weighted by molar-refractivity contribution is -0.130. The van der Waals surface area contributed by atoms with Gasteiger partial charge in [0, 0.05) is 18.5 Å². The van der Waals surface area contributed by atoms with Crippen LogP contribution in [0.25, 0.3) is 0 Å². The molecule has 3 heterocycles. The predicted molar refractivity (Wildman–Crippen MR) is 189 cm³/mol. The summed E-state index contributed by atoms with van der Waals surface area (Å²) in [4.78, 5) is 27.6. The Morgan fingerprint density at radius 2 is 1.73 bits per heavy atom. The van der Waals surface area contributed by atoms with Crippen molar-refractivity contribution >= 4 is 40.6 Å². The Labute approximate surface area is 292 Å². The standard InChI is InChI=1S/C36H36N6O5S2/c1-45-30-16-9-15-27(35(30)46-2)29-21-28(31-17-10-20-48-31)40-42(29)34(44)24-49-36-39-38-32(41(36)19-18-25-11-5-3-6-12-25)22-37-33(43)23-47-26-13-7-4-8-14-26/h3-17,20,29H,18-19,21-24H2,1-2H3,(H,37,43)/t29-/m0/s1. The Hall–Kier alpha value is -5.14. The van der Waals surface area contributed by atoms with Crippen LogP contribution in [0.2, 0.25) is 0 Å². The average molecular weight is 697 g/mol. The molecule has 0 spiro atoms. The molecule has 0 aliphatic carbocycles. The summed E-state index contributed by atoms with van der Waals surface area (Å²) in [5.41, 5.74) is 2.80. The number of thiophene rings is 1. The number of ether oxygens (including phenoxy) is 3. The number of nitrogens with one attached hydrogen (secondary N) is 1. The van der Waals surface area contributed by atoms with Gasteiger partial charge in [-0.25, -0.2) is 5.01 Å². The number of benzene rings is 3. The second-order valence-corrected chi connectivity index (χ2v) is 12.9. The van der Waals surface area contributed by atoms with E-state index < -0.39 is 0 Å². The van der Waals surface area contributed by atoms with Crippen LogP contribution in [0.4, 0.5) is 0 Å². The summed E-state index contributed by atoms with van der Waals surface area (Å²) >= 11 is 2.88. The van der Waals surface area contributed by atoms with Gasteiger partial charge in [0.05, 0.1) is 43.1 Å². The molecule has 252 valence electrons. The zero-order valence-electron chi connectivity index (χ0n) is 27.2. The number of rotatable bonds is 15. The van der Waals surface area contributed by atoms with Crippen molar-refractivity contribution in [1.29, 1.82) is 0 Å². The van der Waals surface area contributed by atoms with E-state index in [0.717, 1.165) is 28.1 Å². The Morgan fingerprint density at radius 1 is 0.939 bits per heavy atom. The number of aromatic nitrogens is 3. The van der Waals surface area contributed by atoms with E-state index in [-0.39, 0.29) is 36.8 Å². The zero-order valence-corrected chi connectivity index (χ0v) is 28.8. The van der Waals surface area contributed by atoms with Crippen LogP contribution in [0.3, 0.4) is 0 Å². The number of aryl methyl sites for hydroxylation is 1. The largest absolute Gasteiger partial charge is 0.493 e. The van der Waals surface area contributed by atoms with Crippen LogP contribution in [0.15, 0.2) is 107 Å². The minimum Gasteiger partial charge on any atom is -0.493 e. The van der Waals surface area contributed by atoms with Gasteiger partial charge >= 0.3 is 0 Å². The monoisotopic (exact) mass is 696 g/mol. The lowest BCUT2D eigenvalue weighted by Gasteiger charge is -2.24. The number of thioether (sulfide) groups is 1. The molecule has 1 aliphatic rings. The fourth-order valence-electron chi connectivity index (χ4n) is 5.50. The van der Waals surface area contributed by atoms with Crippen LogP contribution in [0.1, 0.15) is 34.3 Å². The van der Waals surface area contributed by atoms with Gasteiger partial charge in [0.1, 0.15) is 5.75 Å². The van der Waals surface area contributed by atoms with E-state index in [9.17, 15) is 9.59 Å². The molecule has 0 bridgehead atoms. The van der Waals surface area contributed by atoms with Crippen molar-refractivity contribution in [3.05, 3.63) is 118 Å². The van der Waals surface area contributed by atoms with E-state index in [0.29, 0.717) is 41.2 Å². The van der Waals surface area contributed by atoms with E-state index >= 15 is 0 Å². The summed E-state index contributed by atoms with van der Waals surface area (Å²) in [5.74, 6) is 1.97. The Kier molecular flexibility index (Phi) is 11.2. The van der Waals surface area contributed by atoms with Crippen molar-refractivity contribution in [3.63, 3.8) is 0 Å². The molecule has 1 aliphatic heterocycles. The molecular formula is C36H36N6O5S2. The third-order valence-corrected chi connectivity index (χ3v) is 9.78. The van der Waals surface area contributed by atoms with E-state index in [1.54, 1.807) is 42.7 Å². The second kappa shape index (κ2) is 16.3. The van der Waals surface area contributed by atoms with Crippen LogP contribution in [-0.2, 0) is 29.1 Å². The Morgan fingerprint density at radius 3 is 2.47 bits per heavy atom. The topological polar surface area (TPSA) is 120 Å². The normalized spacial score (nSPS) is 14.0. The van der Waals surface area contributed by atoms with Gasteiger partial charge < -0.3 is 24.1 Å². The van der Waals surface area contributed by atoms with Crippen molar-refractivity contribution in [3.8, 4) is 17.2 Å². The number of para-hydroxylation sites is 2. The molecule has 1 atom stereocenters. The first-order valence-corrected chi connectivity index (χ1v) is 17.6. The van der Waals surface area contributed by atoms with Gasteiger partial charge in [-0.05, 0) is 41.6 Å². The van der Waals surface area contributed by atoms with E-state index in [1.165, 1.54) is 11.8 Å². The molecule has 3 aromatic carbocycles. The van der Waals surface area contributed by atoms with Gasteiger partial charge in [0.2, 0.25) is 0 Å². The van der Waals surface area contributed by atoms with Crippen molar-refractivity contribution in [1.82, 2.24) is 25.1 Å². The van der Waals surface area contributed by atoms with Crippen molar-refractivity contribution in [2.24, 2.45) is 5.10 Å². The first kappa shape index (κ1) is 33.7. The maximum Gasteiger partial charge on any atom is 0.258 e. The van der Waals surface area contributed by atoms with Crippen molar-refractivity contribution in [2.75, 3.05) is 26.6 Å². The van der Waals surface area contributed by atoms with Gasteiger partial charge in [-0.1, -0.05) is 78.5 Å². The van der Waals surface area contributed by atoms with Gasteiger partial charge in [-0.3, -0.25) is 9.59 Å². The first-order chi connectivity index (χ1) is 24.0. The highest BCUT2D eigenvalue weighted by Gasteiger charge is 2.36. The summed E-state index contributed by atoms with van der Waals surface area (Å²) in [5, 5.41) is 20.7. The molecule has 5 aromatic rings. The maximum atomic E-state index is 14.0. The van der Waals surface area contributed by atoms with Crippen LogP contribution < -0.4 is 19.5 Å². The number of hydrogen-bond donors (Lipinski definition) is 1. The maximum absolute atomic E-state index is 14.0. The SMILES string of the molecule is COc1cccc([C@@H]2CC(c3cccs3)=NN2C(=O)CSc2nnc(CNC(=O)COc3ccccc3)n2CCc2ccccc2)c1OC. The number of hydrazone groups is 1. The molecule has 0 saturated carbocycles. The van der Waals surface area contributed by atoms with E-state index in [2.05, 4.69) is 27.6 Å². The molecule has 0 unspecified atom stereocenters. The van der Waals surface area contributed by atoms with Crippen molar-refractivity contribution in [2.45, 2.75) is 37.1 Å². The molecule has 11 nitrogen and oxygen atoms in total. The molecule has 13 heteroatoms. The minimum absolute atomic E-state index is 0.0742. The lowest BCUT2D eigenvalue weighted by Crippen LogP contribution is -2.30. The minimum atomic E-state index is -0.380. The molecule has 49 heavy (non-hydrogen) atoms. The van der Waals surface area contributed by atoms with E-state index in [4.69, 9.17) is 19.3 Å². The van der Waals surface area contributed by atoms with Crippen LogP contribution in [0, 0.1) is 0 Å². The Balaban J connectivity index is 1.19. The molecule has 6 rings (SSSR count). The lowest BCUT2D eigenvalue weighted by atomic mass is 9.99. The molecule has 1 N–H and O–H groups in total. The molecule has 2 aromatic heterocycles.